The summed E-state index contributed by atoms with van der Waals surface area (Å²) in [5.41, 5.74) is 8.93. The molecule has 7 unspecified atom stereocenters. The van der Waals surface area contributed by atoms with E-state index in [0.717, 1.165) is 25.7 Å². The Hall–Kier alpha value is -2.36. The normalized spacial score (nSPS) is 48.7. The molecule has 44 heavy (non-hydrogen) atoms. The average Bonchev–Trinajstić information content (AvgIpc) is 3.54. The van der Waals surface area contributed by atoms with Crippen molar-refractivity contribution >= 4 is 17.7 Å². The van der Waals surface area contributed by atoms with Crippen molar-refractivity contribution in [1.29, 1.82) is 0 Å². The molecule has 0 heterocycles. The van der Waals surface area contributed by atoms with E-state index in [2.05, 4.69) is 6.58 Å². The van der Waals surface area contributed by atoms with Gasteiger partial charge in [-0.05, 0) is 86.8 Å². The number of carbonyl (C=O) groups is 3. The molecular weight excluding hydrogens is 563 g/mol. The molecule has 0 aromatic rings. The number of ketones is 1. The maximum atomic E-state index is 16.1. The predicted molar refractivity (Wildman–Crippen MR) is 162 cm³/mol. The van der Waals surface area contributed by atoms with Gasteiger partial charge in [-0.1, -0.05) is 32.9 Å². The van der Waals surface area contributed by atoms with E-state index in [1.807, 2.05) is 20.8 Å². The van der Waals surface area contributed by atoms with Gasteiger partial charge < -0.3 is 26.0 Å². The molecule has 6 aliphatic rings. The average molecular weight is 613 g/mol. The summed E-state index contributed by atoms with van der Waals surface area (Å²) in [4.78, 5) is 40.4. The van der Waals surface area contributed by atoms with E-state index in [-0.39, 0.29) is 43.1 Å². The summed E-state index contributed by atoms with van der Waals surface area (Å²) in [6.45, 7) is 9.44. The Bertz CT molecular complexity index is 1320. The minimum absolute atomic E-state index is 0.0981. The minimum Gasteiger partial charge on any atom is -0.463 e. The highest BCUT2D eigenvalue weighted by molar-refractivity contribution is 6.01. The first-order chi connectivity index (χ1) is 20.6. The second-order valence-corrected chi connectivity index (χ2v) is 15.6. The molecule has 0 spiro atoms. The van der Waals surface area contributed by atoms with Crippen LogP contribution in [0.3, 0.4) is 0 Å². The standard InChI is InChI=1S/C35H49FN2O6/c1-5-6-7-12-43-30(42)35(44-28(41)14-22-17-33(37)11-8-21(22)16-33)20(2)13-27-32(35,4)19-26(40)29-31(3)10-9-23(39)15-24(31)25(36)18-34(27,29)38/h5,9-10,15,20-22,25-27,29,40H,1,6-8,11-14,16-19,37-38H2,2-4H3/t20-,21-,22?,25+,26?,27?,29?,31?,32?,33-,34?,35+/m1/s1. The lowest BCUT2D eigenvalue weighted by Crippen LogP contribution is -2.74. The van der Waals surface area contributed by atoms with Gasteiger partial charge in [0.1, 0.15) is 6.17 Å². The van der Waals surface area contributed by atoms with E-state index in [4.69, 9.17) is 20.9 Å². The topological polar surface area (TPSA) is 142 Å². The molecule has 5 fully saturated rings. The number of rotatable bonds is 8. The van der Waals surface area contributed by atoms with Gasteiger partial charge >= 0.3 is 11.9 Å². The number of esters is 2. The van der Waals surface area contributed by atoms with Crippen molar-refractivity contribution < 1.29 is 33.4 Å². The van der Waals surface area contributed by atoms with Crippen molar-refractivity contribution in [3.63, 3.8) is 0 Å². The molecule has 8 nitrogen and oxygen atoms in total. The van der Waals surface area contributed by atoms with Crippen LogP contribution in [-0.4, -0.2) is 58.4 Å². The molecule has 2 bridgehead atoms. The zero-order chi connectivity index (χ0) is 31.9. The number of halogens is 1. The summed E-state index contributed by atoms with van der Waals surface area (Å²) in [6, 6.07) is 0. The van der Waals surface area contributed by atoms with Crippen molar-refractivity contribution in [2.45, 2.75) is 114 Å². The van der Waals surface area contributed by atoms with Gasteiger partial charge in [-0.25, -0.2) is 9.18 Å². The number of allylic oxidation sites excluding steroid dienone is 5. The van der Waals surface area contributed by atoms with Gasteiger partial charge in [0.15, 0.2) is 5.78 Å². The fourth-order valence-corrected chi connectivity index (χ4v) is 11.2. The van der Waals surface area contributed by atoms with Crippen LogP contribution < -0.4 is 11.5 Å². The van der Waals surface area contributed by atoms with E-state index in [1.54, 1.807) is 12.2 Å². The molecule has 0 aromatic heterocycles. The molecule has 0 saturated heterocycles. The number of carbonyl (C=O) groups excluding carboxylic acids is 3. The molecule has 0 radical (unpaired) electrons. The van der Waals surface area contributed by atoms with Crippen molar-refractivity contribution in [2.24, 2.45) is 51.9 Å². The molecule has 0 aliphatic heterocycles. The summed E-state index contributed by atoms with van der Waals surface area (Å²) in [7, 11) is 0. The van der Waals surface area contributed by atoms with Crippen LogP contribution in [0.2, 0.25) is 0 Å². The summed E-state index contributed by atoms with van der Waals surface area (Å²) >= 11 is 0. The first kappa shape index (κ1) is 31.6. The summed E-state index contributed by atoms with van der Waals surface area (Å²) < 4.78 is 28.4. The maximum Gasteiger partial charge on any atom is 0.351 e. The number of fused-ring (bicyclic) bond motifs is 7. The molecule has 6 rings (SSSR count). The fourth-order valence-electron chi connectivity index (χ4n) is 11.2. The quantitative estimate of drug-likeness (QED) is 0.210. The van der Waals surface area contributed by atoms with E-state index in [0.29, 0.717) is 30.8 Å². The Labute approximate surface area is 259 Å². The van der Waals surface area contributed by atoms with Crippen molar-refractivity contribution in [1.82, 2.24) is 0 Å². The molecule has 242 valence electrons. The second kappa shape index (κ2) is 10.6. The third-order valence-electron chi connectivity index (χ3n) is 13.0. The number of aliphatic hydroxyl groups excluding tert-OH is 1. The largest absolute Gasteiger partial charge is 0.463 e. The number of hydrogen-bond donors (Lipinski definition) is 3. The van der Waals surface area contributed by atoms with Gasteiger partial charge in [-0.2, -0.15) is 0 Å². The Balaban J connectivity index is 1.37. The minimum atomic E-state index is -1.71. The van der Waals surface area contributed by atoms with Crippen molar-refractivity contribution in [2.75, 3.05) is 6.61 Å². The molecule has 0 aromatic carbocycles. The summed E-state index contributed by atoms with van der Waals surface area (Å²) in [5.74, 6) is -2.48. The Morgan fingerprint density at radius 2 is 1.95 bits per heavy atom. The predicted octanol–water partition coefficient (Wildman–Crippen LogP) is 4.24. The van der Waals surface area contributed by atoms with E-state index in [1.165, 1.54) is 12.2 Å². The number of ether oxygens (including phenoxy) is 2. The van der Waals surface area contributed by atoms with Crippen LogP contribution in [-0.2, 0) is 23.9 Å². The number of nitrogens with two attached hydrogens (primary N) is 2. The van der Waals surface area contributed by atoms with E-state index < -0.39 is 63.9 Å². The number of unbranched alkanes of at least 4 members (excludes halogenated alkanes) is 1. The Morgan fingerprint density at radius 3 is 2.61 bits per heavy atom. The van der Waals surface area contributed by atoms with Gasteiger partial charge in [-0.3, -0.25) is 9.59 Å². The van der Waals surface area contributed by atoms with Crippen molar-refractivity contribution in [3.05, 3.63) is 36.5 Å². The van der Waals surface area contributed by atoms with Gasteiger partial charge in [0, 0.05) is 46.6 Å². The molecule has 12 atom stereocenters. The number of aliphatic hydroxyl groups is 1. The molecule has 9 heteroatoms. The third-order valence-corrected chi connectivity index (χ3v) is 13.0. The fraction of sp³-hybridized carbons (Fsp3) is 0.743. The van der Waals surface area contributed by atoms with Crippen LogP contribution in [0.5, 0.6) is 0 Å². The lowest BCUT2D eigenvalue weighted by molar-refractivity contribution is -0.222. The monoisotopic (exact) mass is 612 g/mol. The lowest BCUT2D eigenvalue weighted by Gasteiger charge is -2.64. The van der Waals surface area contributed by atoms with Gasteiger partial charge in [0.05, 0.1) is 12.7 Å². The smallest absolute Gasteiger partial charge is 0.351 e. The van der Waals surface area contributed by atoms with Crippen LogP contribution in [0, 0.1) is 40.4 Å². The van der Waals surface area contributed by atoms with E-state index in [9.17, 15) is 19.5 Å². The second-order valence-electron chi connectivity index (χ2n) is 15.6. The van der Waals surface area contributed by atoms with E-state index >= 15 is 4.39 Å². The third kappa shape index (κ3) is 4.43. The van der Waals surface area contributed by atoms with Crippen LogP contribution >= 0.6 is 0 Å². The van der Waals surface area contributed by atoms with Gasteiger partial charge in [0.2, 0.25) is 5.60 Å². The Morgan fingerprint density at radius 1 is 1.20 bits per heavy atom. The molecular formula is C35H49FN2O6. The highest BCUT2D eigenvalue weighted by Crippen LogP contribution is 2.70. The first-order valence-electron chi connectivity index (χ1n) is 16.5. The van der Waals surface area contributed by atoms with Crippen LogP contribution in [0.25, 0.3) is 0 Å². The van der Waals surface area contributed by atoms with Crippen LogP contribution in [0.4, 0.5) is 4.39 Å². The highest BCUT2D eigenvalue weighted by atomic mass is 19.1. The lowest BCUT2D eigenvalue weighted by atomic mass is 9.43. The van der Waals surface area contributed by atoms with Gasteiger partial charge in [0.25, 0.3) is 0 Å². The summed E-state index contributed by atoms with van der Waals surface area (Å²) in [5, 5.41) is 12.0. The SMILES string of the molecule is C=CCCCOC(=O)[C@@]1(OC(=O)CC2C[C@@]3(N)CC[C@@H]2C3)[C@H](C)CC2C3(N)C[C@H](F)C4=CC(=O)C=CC4(C)C3C(O)CC21C. The molecule has 5 saturated carbocycles. The Kier molecular flexibility index (Phi) is 7.61. The van der Waals surface area contributed by atoms with Gasteiger partial charge in [-0.15, -0.1) is 6.58 Å². The molecule has 0 amide bonds. The maximum absolute atomic E-state index is 16.1. The molecule has 6 aliphatic carbocycles. The first-order valence-corrected chi connectivity index (χ1v) is 16.5. The highest BCUT2D eigenvalue weighted by Gasteiger charge is 2.77. The van der Waals surface area contributed by atoms with Crippen LogP contribution in [0.15, 0.2) is 36.5 Å². The van der Waals surface area contributed by atoms with Crippen LogP contribution in [0.1, 0.15) is 85.0 Å². The number of alkyl halides is 1. The summed E-state index contributed by atoms with van der Waals surface area (Å²) in [6.07, 6.45) is 9.08. The number of hydrogen-bond acceptors (Lipinski definition) is 8. The van der Waals surface area contributed by atoms with Crippen molar-refractivity contribution in [3.8, 4) is 0 Å². The zero-order valence-corrected chi connectivity index (χ0v) is 26.4. The molecule has 5 N–H and O–H groups in total. The zero-order valence-electron chi connectivity index (χ0n) is 26.4.